The van der Waals surface area contributed by atoms with Gasteiger partial charge in [0.25, 0.3) is 0 Å². The molecule has 0 bridgehead atoms. The van der Waals surface area contributed by atoms with Gasteiger partial charge in [0.05, 0.1) is 0 Å². The standard InChI is InChI=1S/C19H33NO.C15H20.C5H8.CH5N/c1-4-15(2)17(16-11-7-5-8-12-16)20-18(21)19(3)13-9-6-10-14-19;1-5-8-13-10-7-11-14(12(3)4)15(13)9-6-2;1-5-3-2-4-5;1-2/h16H,4-14H2,1-3H3,(H,20,21);5-12H,1-4H3;1-4H2;2H2,1H3/b17-15+;8-5+,9-6-;;. The molecule has 0 radical (unpaired) electrons. The maximum Gasteiger partial charge on any atom is 0.230 e. The fraction of sp³-hybridized carbons (Fsp3) is 0.625. The third-order valence-corrected chi connectivity index (χ3v) is 9.29. The molecule has 3 nitrogen and oxygen atoms in total. The van der Waals surface area contributed by atoms with Gasteiger partial charge in [0.1, 0.15) is 0 Å². The van der Waals surface area contributed by atoms with E-state index >= 15 is 0 Å². The van der Waals surface area contributed by atoms with Crippen LogP contribution in [0.2, 0.25) is 0 Å². The van der Waals surface area contributed by atoms with Crippen molar-refractivity contribution >= 4 is 18.1 Å². The predicted molar refractivity (Wildman–Crippen MR) is 192 cm³/mol. The minimum atomic E-state index is -0.133. The number of amides is 1. The van der Waals surface area contributed by atoms with Crippen LogP contribution in [0.5, 0.6) is 0 Å². The average molecular weight is 591 g/mol. The van der Waals surface area contributed by atoms with Crippen molar-refractivity contribution in [3.05, 3.63) is 70.5 Å². The Labute approximate surface area is 266 Å². The first-order chi connectivity index (χ1) is 20.7. The molecule has 1 amide bonds. The quantitative estimate of drug-likeness (QED) is 0.310. The van der Waals surface area contributed by atoms with E-state index in [9.17, 15) is 4.79 Å². The first kappa shape index (κ1) is 38.6. The molecule has 0 atom stereocenters. The molecule has 3 aliphatic carbocycles. The van der Waals surface area contributed by atoms with Crippen molar-refractivity contribution in [3.8, 4) is 0 Å². The van der Waals surface area contributed by atoms with Crippen LogP contribution in [0.4, 0.5) is 0 Å². The summed E-state index contributed by atoms with van der Waals surface area (Å²) >= 11 is 0. The van der Waals surface area contributed by atoms with Crippen LogP contribution >= 0.6 is 0 Å². The van der Waals surface area contributed by atoms with Gasteiger partial charge in [-0.05, 0) is 108 Å². The van der Waals surface area contributed by atoms with Crippen LogP contribution < -0.4 is 11.1 Å². The second-order valence-electron chi connectivity index (χ2n) is 13.1. The first-order valence-corrected chi connectivity index (χ1v) is 17.3. The van der Waals surface area contributed by atoms with E-state index in [4.69, 9.17) is 0 Å². The van der Waals surface area contributed by atoms with Crippen molar-refractivity contribution in [2.24, 2.45) is 17.1 Å². The Bertz CT molecular complexity index is 1040. The van der Waals surface area contributed by atoms with Gasteiger partial charge in [-0.25, -0.2) is 0 Å². The Morgan fingerprint density at radius 1 is 0.977 bits per heavy atom. The first-order valence-electron chi connectivity index (χ1n) is 17.3. The van der Waals surface area contributed by atoms with Gasteiger partial charge < -0.3 is 11.1 Å². The lowest BCUT2D eigenvalue weighted by Crippen LogP contribution is -2.41. The molecule has 3 fully saturated rings. The Balaban J connectivity index is 0.000000364. The summed E-state index contributed by atoms with van der Waals surface area (Å²) in [5, 5.41) is 3.39. The van der Waals surface area contributed by atoms with E-state index in [0.29, 0.717) is 11.8 Å². The lowest BCUT2D eigenvalue weighted by Gasteiger charge is -2.34. The minimum absolute atomic E-state index is 0.133. The fourth-order valence-corrected chi connectivity index (χ4v) is 6.19. The number of hydrogen-bond acceptors (Lipinski definition) is 2. The Kier molecular flexibility index (Phi) is 19.2. The molecule has 3 aliphatic rings. The van der Waals surface area contributed by atoms with Crippen LogP contribution in [0.15, 0.2) is 53.8 Å². The number of carbonyl (C=O) groups excluding carboxylic acids is 1. The predicted octanol–water partition coefficient (Wildman–Crippen LogP) is 11.5. The SMILES string of the molecule is C/C=C\c1c(/C=C/C)cccc1C(C)C.C=C1CCC1.CC/C(C)=C(/NC(=O)C1(C)CCCCC1)C1CCCCC1.CN. The Morgan fingerprint density at radius 2 is 1.53 bits per heavy atom. The molecule has 1 aromatic carbocycles. The number of carbonyl (C=O) groups is 1. The Morgan fingerprint density at radius 3 is 2.00 bits per heavy atom. The third kappa shape index (κ3) is 13.0. The summed E-state index contributed by atoms with van der Waals surface area (Å²) in [6.45, 7) is 18.9. The van der Waals surface area contributed by atoms with E-state index in [1.54, 1.807) is 0 Å². The topological polar surface area (TPSA) is 55.1 Å². The number of benzene rings is 1. The lowest BCUT2D eigenvalue weighted by molar-refractivity contribution is -0.131. The maximum atomic E-state index is 12.8. The van der Waals surface area contributed by atoms with Crippen LogP contribution in [0.1, 0.15) is 161 Å². The van der Waals surface area contributed by atoms with E-state index in [-0.39, 0.29) is 11.3 Å². The molecule has 0 aromatic heterocycles. The van der Waals surface area contributed by atoms with Gasteiger partial charge in [0, 0.05) is 11.1 Å². The maximum absolute atomic E-state index is 12.8. The highest BCUT2D eigenvalue weighted by Gasteiger charge is 2.35. The molecule has 3 heteroatoms. The summed E-state index contributed by atoms with van der Waals surface area (Å²) < 4.78 is 0. The molecule has 0 spiro atoms. The summed E-state index contributed by atoms with van der Waals surface area (Å²) in [7, 11) is 1.50. The largest absolute Gasteiger partial charge is 0.333 e. The summed E-state index contributed by atoms with van der Waals surface area (Å²) in [5.41, 5.74) is 12.5. The summed E-state index contributed by atoms with van der Waals surface area (Å²) in [6, 6.07) is 6.52. The monoisotopic (exact) mass is 591 g/mol. The molecular weight excluding hydrogens is 524 g/mol. The van der Waals surface area contributed by atoms with E-state index in [1.807, 2.05) is 0 Å². The average Bonchev–Trinajstić information content (AvgIpc) is 3.01. The van der Waals surface area contributed by atoms with E-state index < -0.39 is 0 Å². The molecule has 0 heterocycles. The number of nitrogens with one attached hydrogen (secondary N) is 1. The van der Waals surface area contributed by atoms with Gasteiger partial charge in [-0.15, -0.1) is 0 Å². The fourth-order valence-electron chi connectivity index (χ4n) is 6.19. The van der Waals surface area contributed by atoms with Gasteiger partial charge in [0.15, 0.2) is 0 Å². The van der Waals surface area contributed by atoms with Gasteiger partial charge in [-0.1, -0.05) is 126 Å². The van der Waals surface area contributed by atoms with Crippen molar-refractivity contribution in [2.45, 2.75) is 144 Å². The number of nitrogens with two attached hydrogens (primary N) is 1. The van der Waals surface area contributed by atoms with Gasteiger partial charge in [0.2, 0.25) is 5.91 Å². The van der Waals surface area contributed by atoms with E-state index in [0.717, 1.165) is 19.3 Å². The minimum Gasteiger partial charge on any atom is -0.333 e. The van der Waals surface area contributed by atoms with Gasteiger partial charge in [-0.2, -0.15) is 0 Å². The van der Waals surface area contributed by atoms with Gasteiger partial charge >= 0.3 is 0 Å². The van der Waals surface area contributed by atoms with E-state index in [1.165, 1.54) is 111 Å². The van der Waals surface area contributed by atoms with Crippen molar-refractivity contribution in [1.82, 2.24) is 5.32 Å². The third-order valence-electron chi connectivity index (χ3n) is 9.29. The highest BCUT2D eigenvalue weighted by molar-refractivity contribution is 5.84. The summed E-state index contributed by atoms with van der Waals surface area (Å²) in [4.78, 5) is 12.8. The van der Waals surface area contributed by atoms with Crippen LogP contribution in [0.3, 0.4) is 0 Å². The van der Waals surface area contributed by atoms with Crippen molar-refractivity contribution in [2.75, 3.05) is 7.05 Å². The second-order valence-corrected chi connectivity index (χ2v) is 13.1. The molecule has 1 aromatic rings. The zero-order valence-electron chi connectivity index (χ0n) is 29.3. The van der Waals surface area contributed by atoms with Crippen LogP contribution in [-0.2, 0) is 4.79 Å². The summed E-state index contributed by atoms with van der Waals surface area (Å²) in [5.74, 6) is 1.45. The van der Waals surface area contributed by atoms with Crippen molar-refractivity contribution < 1.29 is 4.79 Å². The van der Waals surface area contributed by atoms with Crippen LogP contribution in [-0.4, -0.2) is 13.0 Å². The molecule has 0 unspecified atom stereocenters. The second kappa shape index (κ2) is 21.3. The van der Waals surface area contributed by atoms with Crippen LogP contribution in [0.25, 0.3) is 12.2 Å². The van der Waals surface area contributed by atoms with Crippen LogP contribution in [0, 0.1) is 11.3 Å². The summed E-state index contributed by atoms with van der Waals surface area (Å²) in [6.07, 6.45) is 25.9. The number of hydrogen-bond donors (Lipinski definition) is 2. The molecule has 43 heavy (non-hydrogen) atoms. The lowest BCUT2D eigenvalue weighted by atomic mass is 9.74. The highest BCUT2D eigenvalue weighted by Crippen LogP contribution is 2.37. The molecule has 242 valence electrons. The molecule has 0 aliphatic heterocycles. The number of allylic oxidation sites excluding steroid dienone is 5. The zero-order chi connectivity index (χ0) is 32.3. The Hall–Kier alpha value is -2.39. The molecule has 4 rings (SSSR count). The van der Waals surface area contributed by atoms with Crippen molar-refractivity contribution in [1.29, 1.82) is 0 Å². The zero-order valence-corrected chi connectivity index (χ0v) is 29.3. The van der Waals surface area contributed by atoms with E-state index in [2.05, 4.69) is 109 Å². The molecular formula is C40H66N2O. The van der Waals surface area contributed by atoms with Gasteiger partial charge in [-0.3, -0.25) is 4.79 Å². The van der Waals surface area contributed by atoms with Crippen molar-refractivity contribution in [3.63, 3.8) is 0 Å². The molecule has 3 N–H and O–H groups in total. The normalized spacial score (nSPS) is 18.8. The molecule has 3 saturated carbocycles. The molecule has 0 saturated heterocycles. The highest BCUT2D eigenvalue weighted by atomic mass is 16.2. The smallest absolute Gasteiger partial charge is 0.230 e. The number of rotatable bonds is 7.